The van der Waals surface area contributed by atoms with E-state index in [1.807, 2.05) is 12.1 Å². The Balaban J connectivity index is 2.83. The van der Waals surface area contributed by atoms with Gasteiger partial charge in [0.05, 0.1) is 6.20 Å². The molecule has 0 aliphatic rings. The minimum Gasteiger partial charge on any atom is -0.567 e. The Morgan fingerprint density at radius 1 is 1.62 bits per heavy atom. The first kappa shape index (κ1) is 5.16. The van der Waals surface area contributed by atoms with E-state index in [0.29, 0.717) is 0 Å². The summed E-state index contributed by atoms with van der Waals surface area (Å²) in [6, 6.07) is 3.69. The molecule has 0 atom stereocenters. The van der Waals surface area contributed by atoms with Gasteiger partial charge in [-0.2, -0.15) is 0 Å². The van der Waals surface area contributed by atoms with Crippen LogP contribution in [-0.4, -0.2) is 13.0 Å². The van der Waals surface area contributed by atoms with E-state index in [1.165, 1.54) is 0 Å². The highest BCUT2D eigenvalue weighted by Gasteiger charge is 1.81. The average molecular weight is 107 g/mol. The van der Waals surface area contributed by atoms with Crippen molar-refractivity contribution in [2.45, 2.75) is 0 Å². The highest BCUT2D eigenvalue weighted by atomic mass is 16.4. The zero-order valence-electron chi connectivity index (χ0n) is 4.66. The second kappa shape index (κ2) is 2.35. The number of aromatic nitrogens is 1. The van der Waals surface area contributed by atoms with Crippen molar-refractivity contribution < 1.29 is 4.65 Å². The van der Waals surface area contributed by atoms with E-state index in [0.717, 1.165) is 5.75 Å². The predicted molar refractivity (Wildman–Crippen MR) is 33.4 cm³/mol. The second-order valence-electron chi connectivity index (χ2n) is 1.39. The number of rotatable bonds is 1. The van der Waals surface area contributed by atoms with Crippen molar-refractivity contribution in [2.75, 3.05) is 0 Å². The third-order valence-electron chi connectivity index (χ3n) is 0.870. The molecule has 1 aromatic heterocycles. The second-order valence-corrected chi connectivity index (χ2v) is 1.39. The highest BCUT2D eigenvalue weighted by molar-refractivity contribution is 5.99. The molecule has 1 rings (SSSR count). The van der Waals surface area contributed by atoms with Crippen LogP contribution in [0.25, 0.3) is 0 Å². The van der Waals surface area contributed by atoms with Crippen LogP contribution in [0.3, 0.4) is 0 Å². The van der Waals surface area contributed by atoms with Gasteiger partial charge in [0.1, 0.15) is 5.75 Å². The lowest BCUT2D eigenvalue weighted by Gasteiger charge is -1.94. The molecule has 0 spiro atoms. The summed E-state index contributed by atoms with van der Waals surface area (Å²) >= 11 is 0. The molecule has 0 saturated heterocycles. The van der Waals surface area contributed by atoms with Gasteiger partial charge in [0.15, 0.2) is 0 Å². The molecular weight excluding hydrogens is 101 g/mol. The van der Waals surface area contributed by atoms with Crippen molar-refractivity contribution >= 4 is 8.05 Å². The van der Waals surface area contributed by atoms with Gasteiger partial charge in [-0.3, -0.25) is 4.98 Å². The third-order valence-corrected chi connectivity index (χ3v) is 0.870. The molecule has 0 radical (unpaired) electrons. The monoisotopic (exact) mass is 107 g/mol. The van der Waals surface area contributed by atoms with E-state index in [-0.39, 0.29) is 0 Å². The number of nitrogens with zero attached hydrogens (tertiary/aromatic N) is 1. The SMILES string of the molecule is BOc1cccnc1. The molecule has 0 fully saturated rings. The molecule has 1 heterocycles. The summed E-state index contributed by atoms with van der Waals surface area (Å²) in [6.45, 7) is 0. The molecule has 0 unspecified atom stereocenters. The van der Waals surface area contributed by atoms with E-state index in [9.17, 15) is 0 Å². The van der Waals surface area contributed by atoms with Crippen molar-refractivity contribution in [2.24, 2.45) is 0 Å². The van der Waals surface area contributed by atoms with E-state index in [2.05, 4.69) is 4.98 Å². The van der Waals surface area contributed by atoms with Crippen molar-refractivity contribution in [3.63, 3.8) is 0 Å². The molecule has 8 heavy (non-hydrogen) atoms. The maximum Gasteiger partial charge on any atom is 0.322 e. The van der Waals surface area contributed by atoms with Gasteiger partial charge in [-0.05, 0) is 12.1 Å². The summed E-state index contributed by atoms with van der Waals surface area (Å²) in [4.78, 5) is 3.83. The Morgan fingerprint density at radius 2 is 2.50 bits per heavy atom. The average Bonchev–Trinajstić information content (AvgIpc) is 1.90. The Labute approximate surface area is 49.0 Å². The lowest BCUT2D eigenvalue weighted by atomic mass is 10.4. The minimum atomic E-state index is 0.799. The minimum absolute atomic E-state index is 0.799. The smallest absolute Gasteiger partial charge is 0.322 e. The number of hydrogen-bond donors (Lipinski definition) is 0. The number of hydrogen-bond acceptors (Lipinski definition) is 2. The molecule has 0 bridgehead atoms. The van der Waals surface area contributed by atoms with Crippen molar-refractivity contribution in [3.8, 4) is 5.75 Å². The molecule has 0 amide bonds. The summed E-state index contributed by atoms with van der Waals surface area (Å²) in [5, 5.41) is 0. The summed E-state index contributed by atoms with van der Waals surface area (Å²) < 4.78 is 4.85. The summed E-state index contributed by atoms with van der Waals surface area (Å²) in [5.41, 5.74) is 0. The van der Waals surface area contributed by atoms with Crippen LogP contribution in [-0.2, 0) is 0 Å². The van der Waals surface area contributed by atoms with Gasteiger partial charge in [0.2, 0.25) is 0 Å². The van der Waals surface area contributed by atoms with E-state index in [4.69, 9.17) is 4.65 Å². The fraction of sp³-hybridized carbons (Fsp3) is 0. The Kier molecular flexibility index (Phi) is 1.52. The number of pyridine rings is 1. The van der Waals surface area contributed by atoms with Gasteiger partial charge in [-0.15, -0.1) is 0 Å². The molecule has 0 N–H and O–H groups in total. The van der Waals surface area contributed by atoms with E-state index < -0.39 is 0 Å². The van der Waals surface area contributed by atoms with Crippen LogP contribution < -0.4 is 4.65 Å². The largest absolute Gasteiger partial charge is 0.567 e. The fourth-order valence-electron chi connectivity index (χ4n) is 0.468. The van der Waals surface area contributed by atoms with Crippen LogP contribution in [0.2, 0.25) is 0 Å². The topological polar surface area (TPSA) is 22.1 Å². The first-order valence-electron chi connectivity index (χ1n) is 2.37. The molecule has 0 aliphatic carbocycles. The molecule has 0 aromatic carbocycles. The van der Waals surface area contributed by atoms with Gasteiger partial charge in [-0.1, -0.05) is 0 Å². The van der Waals surface area contributed by atoms with Gasteiger partial charge in [-0.25, -0.2) is 0 Å². The van der Waals surface area contributed by atoms with Crippen LogP contribution in [0.15, 0.2) is 24.5 Å². The van der Waals surface area contributed by atoms with E-state index in [1.54, 1.807) is 20.4 Å². The van der Waals surface area contributed by atoms with Crippen LogP contribution in [0.1, 0.15) is 0 Å². The first-order valence-corrected chi connectivity index (χ1v) is 2.37. The highest BCUT2D eigenvalue weighted by Crippen LogP contribution is 2.02. The third kappa shape index (κ3) is 0.995. The Morgan fingerprint density at radius 3 is 2.88 bits per heavy atom. The molecule has 2 nitrogen and oxygen atoms in total. The summed E-state index contributed by atoms with van der Waals surface area (Å²) in [5.74, 6) is 0.799. The Bertz CT molecular complexity index is 154. The van der Waals surface area contributed by atoms with Crippen LogP contribution >= 0.6 is 0 Å². The standard InChI is InChI=1S/C5H6BNO/c6-8-5-2-1-3-7-4-5/h1-4H,6H2. The maximum atomic E-state index is 4.85. The van der Waals surface area contributed by atoms with Gasteiger partial charge in [0.25, 0.3) is 0 Å². The predicted octanol–water partition coefficient (Wildman–Crippen LogP) is 0.00850. The molecule has 1 aromatic rings. The maximum absolute atomic E-state index is 4.85. The zero-order valence-corrected chi connectivity index (χ0v) is 4.66. The Hall–Kier alpha value is -0.985. The molecular formula is C5H6BNO. The normalized spacial score (nSPS) is 8.50. The van der Waals surface area contributed by atoms with Crippen molar-refractivity contribution in [1.29, 1.82) is 0 Å². The molecule has 0 saturated carbocycles. The van der Waals surface area contributed by atoms with Gasteiger partial charge in [0, 0.05) is 6.20 Å². The quantitative estimate of drug-likeness (QED) is 0.471. The van der Waals surface area contributed by atoms with Crippen molar-refractivity contribution in [1.82, 2.24) is 4.98 Å². The lowest BCUT2D eigenvalue weighted by molar-refractivity contribution is 0.612. The first-order chi connectivity index (χ1) is 3.93. The van der Waals surface area contributed by atoms with Gasteiger partial charge < -0.3 is 4.65 Å². The fourth-order valence-corrected chi connectivity index (χ4v) is 0.468. The van der Waals surface area contributed by atoms with Crippen molar-refractivity contribution in [3.05, 3.63) is 24.5 Å². The van der Waals surface area contributed by atoms with Crippen LogP contribution in [0, 0.1) is 0 Å². The van der Waals surface area contributed by atoms with Crippen LogP contribution in [0.4, 0.5) is 0 Å². The van der Waals surface area contributed by atoms with Gasteiger partial charge >= 0.3 is 8.05 Å². The van der Waals surface area contributed by atoms with E-state index >= 15 is 0 Å². The molecule has 40 valence electrons. The lowest BCUT2D eigenvalue weighted by Crippen LogP contribution is -1.83. The summed E-state index contributed by atoms with van der Waals surface area (Å²) in [7, 11) is 1.62. The summed E-state index contributed by atoms with van der Waals surface area (Å²) in [6.07, 6.45) is 3.38. The molecule has 3 heteroatoms. The van der Waals surface area contributed by atoms with Crippen LogP contribution in [0.5, 0.6) is 5.75 Å². The molecule has 0 aliphatic heterocycles. The zero-order chi connectivity index (χ0) is 5.82.